The van der Waals surface area contributed by atoms with Crippen LogP contribution in [0.25, 0.3) is 0 Å². The summed E-state index contributed by atoms with van der Waals surface area (Å²) in [5, 5.41) is 3.49. The van der Waals surface area contributed by atoms with Crippen LogP contribution in [0.3, 0.4) is 0 Å². The highest BCUT2D eigenvalue weighted by molar-refractivity contribution is 6.30. The summed E-state index contributed by atoms with van der Waals surface area (Å²) >= 11 is 5.91. The van der Waals surface area contributed by atoms with Gasteiger partial charge in [0.15, 0.2) is 0 Å². The van der Waals surface area contributed by atoms with Crippen molar-refractivity contribution in [2.45, 2.75) is 26.8 Å². The van der Waals surface area contributed by atoms with Gasteiger partial charge < -0.3 is 10.1 Å². The molecule has 0 spiro atoms. The largest absolute Gasteiger partial charge is 0.496 e. The lowest BCUT2D eigenvalue weighted by Crippen LogP contribution is -2.24. The number of amides is 1. The predicted molar refractivity (Wildman–Crippen MR) is 69.3 cm³/mol. The van der Waals surface area contributed by atoms with Crippen LogP contribution in [0.2, 0.25) is 5.02 Å². The van der Waals surface area contributed by atoms with Crippen LogP contribution in [0.15, 0.2) is 18.2 Å². The molecule has 1 rings (SSSR count). The maximum absolute atomic E-state index is 11.5. The van der Waals surface area contributed by atoms with E-state index in [2.05, 4.69) is 5.32 Å². The summed E-state index contributed by atoms with van der Waals surface area (Å²) in [6, 6.07) is 5.36. The Morgan fingerprint density at radius 2 is 2.18 bits per heavy atom. The minimum atomic E-state index is 0.0435. The highest BCUT2D eigenvalue weighted by atomic mass is 35.5. The summed E-state index contributed by atoms with van der Waals surface area (Å²) in [5.41, 5.74) is 0.886. The zero-order chi connectivity index (χ0) is 12.8. The molecule has 0 radical (unpaired) electrons. The van der Waals surface area contributed by atoms with Crippen LogP contribution in [0.5, 0.6) is 5.75 Å². The molecule has 1 N–H and O–H groups in total. The molecule has 0 unspecified atom stereocenters. The number of benzene rings is 1. The average Bonchev–Trinajstić information content (AvgIpc) is 2.25. The van der Waals surface area contributed by atoms with Crippen molar-refractivity contribution in [2.24, 2.45) is 5.92 Å². The minimum absolute atomic E-state index is 0.0435. The summed E-state index contributed by atoms with van der Waals surface area (Å²) in [4.78, 5) is 11.5. The molecule has 0 atom stereocenters. The average molecular weight is 256 g/mol. The van der Waals surface area contributed by atoms with Crippen LogP contribution in [-0.4, -0.2) is 13.0 Å². The van der Waals surface area contributed by atoms with E-state index in [1.165, 1.54) is 0 Å². The molecule has 94 valence electrons. The van der Waals surface area contributed by atoms with E-state index in [0.29, 0.717) is 23.9 Å². The molecule has 17 heavy (non-hydrogen) atoms. The number of rotatable bonds is 5. The summed E-state index contributed by atoms with van der Waals surface area (Å²) < 4.78 is 5.20. The fourth-order valence-electron chi connectivity index (χ4n) is 1.52. The van der Waals surface area contributed by atoms with Crippen molar-refractivity contribution in [1.29, 1.82) is 0 Å². The molecule has 0 aliphatic heterocycles. The first-order valence-electron chi connectivity index (χ1n) is 5.62. The van der Waals surface area contributed by atoms with Crippen LogP contribution < -0.4 is 10.1 Å². The van der Waals surface area contributed by atoms with E-state index in [1.807, 2.05) is 13.8 Å². The molecule has 3 nitrogen and oxygen atoms in total. The fourth-order valence-corrected chi connectivity index (χ4v) is 1.72. The molecule has 4 heteroatoms. The third-order valence-corrected chi connectivity index (χ3v) is 2.55. The van der Waals surface area contributed by atoms with Crippen LogP contribution >= 0.6 is 11.6 Å². The Morgan fingerprint density at radius 1 is 1.47 bits per heavy atom. The van der Waals surface area contributed by atoms with Gasteiger partial charge >= 0.3 is 0 Å². The number of hydrogen-bond acceptors (Lipinski definition) is 2. The normalized spacial score (nSPS) is 10.4. The molecule has 0 saturated carbocycles. The van der Waals surface area contributed by atoms with E-state index >= 15 is 0 Å². The quantitative estimate of drug-likeness (QED) is 0.878. The Morgan fingerprint density at radius 3 is 2.76 bits per heavy atom. The van der Waals surface area contributed by atoms with Crippen LogP contribution in [0.1, 0.15) is 25.8 Å². The molecule has 0 aromatic heterocycles. The van der Waals surface area contributed by atoms with E-state index in [0.717, 1.165) is 11.3 Å². The number of hydrogen-bond donors (Lipinski definition) is 1. The Balaban J connectivity index is 2.62. The number of nitrogens with one attached hydrogen (secondary N) is 1. The Labute approximate surface area is 107 Å². The first kappa shape index (κ1) is 13.8. The SMILES string of the molecule is COc1ccc(Cl)cc1CNC(=O)CC(C)C. The second-order valence-corrected chi connectivity index (χ2v) is 4.77. The second kappa shape index (κ2) is 6.50. The van der Waals surface area contributed by atoms with Crippen molar-refractivity contribution in [3.63, 3.8) is 0 Å². The van der Waals surface area contributed by atoms with Gasteiger partial charge in [-0.2, -0.15) is 0 Å². The highest BCUT2D eigenvalue weighted by Crippen LogP contribution is 2.22. The van der Waals surface area contributed by atoms with Gasteiger partial charge in [-0.25, -0.2) is 0 Å². The van der Waals surface area contributed by atoms with Gasteiger partial charge in [0, 0.05) is 23.6 Å². The lowest BCUT2D eigenvalue weighted by Gasteiger charge is -2.11. The summed E-state index contributed by atoms with van der Waals surface area (Å²) in [5.74, 6) is 1.14. The van der Waals surface area contributed by atoms with E-state index < -0.39 is 0 Å². The maximum Gasteiger partial charge on any atom is 0.220 e. The van der Waals surface area contributed by atoms with E-state index in [9.17, 15) is 4.79 Å². The number of carbonyl (C=O) groups excluding carboxylic acids is 1. The molecule has 1 aromatic carbocycles. The predicted octanol–water partition coefficient (Wildman–Crippen LogP) is 3.01. The Bertz CT molecular complexity index is 391. The standard InChI is InChI=1S/C13H18ClNO2/c1-9(2)6-13(16)15-8-10-7-11(14)4-5-12(10)17-3/h4-5,7,9H,6,8H2,1-3H3,(H,15,16). The van der Waals surface area contributed by atoms with Crippen molar-refractivity contribution in [1.82, 2.24) is 5.32 Å². The first-order chi connectivity index (χ1) is 8.02. The third-order valence-electron chi connectivity index (χ3n) is 2.31. The number of halogens is 1. The Kier molecular flexibility index (Phi) is 5.29. The molecule has 1 amide bonds. The molecule has 0 aliphatic carbocycles. The number of carbonyl (C=O) groups is 1. The summed E-state index contributed by atoms with van der Waals surface area (Å²) in [6.07, 6.45) is 0.531. The van der Waals surface area contributed by atoms with Crippen molar-refractivity contribution < 1.29 is 9.53 Å². The topological polar surface area (TPSA) is 38.3 Å². The molecule has 0 heterocycles. The van der Waals surface area contributed by atoms with Gasteiger partial charge in [-0.3, -0.25) is 4.79 Å². The third kappa shape index (κ3) is 4.65. The lowest BCUT2D eigenvalue weighted by molar-refractivity contribution is -0.121. The van der Waals surface area contributed by atoms with Gasteiger partial charge in [-0.15, -0.1) is 0 Å². The second-order valence-electron chi connectivity index (χ2n) is 4.33. The number of ether oxygens (including phenoxy) is 1. The minimum Gasteiger partial charge on any atom is -0.496 e. The van der Waals surface area contributed by atoms with Crippen LogP contribution in [0, 0.1) is 5.92 Å². The zero-order valence-corrected chi connectivity index (χ0v) is 11.2. The molecular weight excluding hydrogens is 238 g/mol. The Hall–Kier alpha value is -1.22. The molecule has 0 fully saturated rings. The highest BCUT2D eigenvalue weighted by Gasteiger charge is 2.07. The van der Waals surface area contributed by atoms with E-state index in [1.54, 1.807) is 25.3 Å². The van der Waals surface area contributed by atoms with Crippen molar-refractivity contribution in [3.8, 4) is 5.75 Å². The van der Waals surface area contributed by atoms with Crippen molar-refractivity contribution in [3.05, 3.63) is 28.8 Å². The number of methoxy groups -OCH3 is 1. The van der Waals surface area contributed by atoms with Crippen LogP contribution in [0.4, 0.5) is 0 Å². The van der Waals surface area contributed by atoms with E-state index in [4.69, 9.17) is 16.3 Å². The smallest absolute Gasteiger partial charge is 0.220 e. The lowest BCUT2D eigenvalue weighted by atomic mass is 10.1. The van der Waals surface area contributed by atoms with Gasteiger partial charge in [-0.1, -0.05) is 25.4 Å². The van der Waals surface area contributed by atoms with Gasteiger partial charge in [0.25, 0.3) is 0 Å². The molecule has 0 saturated heterocycles. The van der Waals surface area contributed by atoms with Crippen molar-refractivity contribution >= 4 is 17.5 Å². The fraction of sp³-hybridized carbons (Fsp3) is 0.462. The van der Waals surface area contributed by atoms with Gasteiger partial charge in [0.1, 0.15) is 5.75 Å². The molecule has 0 aliphatic rings. The van der Waals surface area contributed by atoms with E-state index in [-0.39, 0.29) is 5.91 Å². The van der Waals surface area contributed by atoms with Gasteiger partial charge in [-0.05, 0) is 24.1 Å². The monoisotopic (exact) mass is 255 g/mol. The maximum atomic E-state index is 11.5. The molecule has 1 aromatic rings. The summed E-state index contributed by atoms with van der Waals surface area (Å²) in [6.45, 7) is 4.47. The summed E-state index contributed by atoms with van der Waals surface area (Å²) in [7, 11) is 1.60. The zero-order valence-electron chi connectivity index (χ0n) is 10.4. The molecule has 0 bridgehead atoms. The first-order valence-corrected chi connectivity index (χ1v) is 6.00. The van der Waals surface area contributed by atoms with Crippen LogP contribution in [-0.2, 0) is 11.3 Å². The van der Waals surface area contributed by atoms with Gasteiger partial charge in [0.2, 0.25) is 5.91 Å². The van der Waals surface area contributed by atoms with Crippen molar-refractivity contribution in [2.75, 3.05) is 7.11 Å². The molecular formula is C13H18ClNO2. The van der Waals surface area contributed by atoms with Gasteiger partial charge in [0.05, 0.1) is 7.11 Å².